The van der Waals surface area contributed by atoms with Crippen LogP contribution in [0.25, 0.3) is 0 Å². The molecule has 0 spiro atoms. The van der Waals surface area contributed by atoms with Crippen LogP contribution in [-0.2, 0) is 19.9 Å². The van der Waals surface area contributed by atoms with Crippen LogP contribution in [0, 0.1) is 0 Å². The van der Waals surface area contributed by atoms with Gasteiger partial charge in [0.15, 0.2) is 10.3 Å². The molecule has 190 valence electrons. The van der Waals surface area contributed by atoms with Gasteiger partial charge in [-0.05, 0) is 29.8 Å². The van der Waals surface area contributed by atoms with Crippen LogP contribution in [0.4, 0.5) is 9.59 Å². The Labute approximate surface area is 232 Å². The minimum Gasteiger partial charge on any atom is -0.731 e. The van der Waals surface area contributed by atoms with E-state index in [2.05, 4.69) is 15.7 Å². The van der Waals surface area contributed by atoms with Gasteiger partial charge in [-0.2, -0.15) is 5.10 Å². The molecule has 2 aliphatic heterocycles. The molecule has 2 aliphatic rings. The molecule has 0 saturated carbocycles. The van der Waals surface area contributed by atoms with Crippen LogP contribution in [0.15, 0.2) is 52.2 Å². The zero-order valence-corrected chi connectivity index (χ0v) is 22.1. The molecule has 15 nitrogen and oxygen atoms in total. The van der Waals surface area contributed by atoms with Crippen molar-refractivity contribution >= 4 is 40.4 Å². The number of aromatic hydroxyl groups is 1. The Morgan fingerprint density at radius 1 is 1.19 bits per heavy atom. The molecule has 6 amide bonds. The summed E-state index contributed by atoms with van der Waals surface area (Å²) in [4.78, 5) is 51.2. The van der Waals surface area contributed by atoms with Gasteiger partial charge in [0.2, 0.25) is 5.91 Å². The average molecular weight is 542 g/mol. The van der Waals surface area contributed by atoms with E-state index >= 15 is 0 Å². The number of hydrazone groups is 1. The number of phenols is 1. The number of imide groups is 1. The third kappa shape index (κ3) is 6.28. The normalized spacial score (nSPS) is 18.4. The van der Waals surface area contributed by atoms with Gasteiger partial charge >= 0.3 is 41.6 Å². The number of carbonyl (C=O) groups is 4. The molecule has 2 aromatic rings. The number of furan rings is 1. The van der Waals surface area contributed by atoms with E-state index in [1.165, 1.54) is 36.7 Å². The molecule has 0 bridgehead atoms. The molecular formula is C20H19N6NaO9S. The second kappa shape index (κ2) is 11.3. The average Bonchev–Trinajstić information content (AvgIpc) is 3.47. The Bertz CT molecular complexity index is 1320. The Morgan fingerprint density at radius 3 is 2.49 bits per heavy atom. The minimum absolute atomic E-state index is 0. The fourth-order valence-electron chi connectivity index (χ4n) is 3.44. The first-order valence-electron chi connectivity index (χ1n) is 10.4. The number of hydrogen-bond acceptors (Lipinski definition) is 10. The summed E-state index contributed by atoms with van der Waals surface area (Å²) in [7, 11) is -5.00. The zero-order chi connectivity index (χ0) is 26.0. The molecular weight excluding hydrogens is 523 g/mol. The first-order chi connectivity index (χ1) is 17.0. The maximum atomic E-state index is 12.9. The molecule has 2 atom stereocenters. The first kappa shape index (κ1) is 28.1. The predicted molar refractivity (Wildman–Crippen MR) is 118 cm³/mol. The molecule has 2 saturated heterocycles. The van der Waals surface area contributed by atoms with Gasteiger partial charge in [0.25, 0.3) is 5.91 Å². The topological polar surface area (TPSA) is 205 Å². The van der Waals surface area contributed by atoms with Crippen LogP contribution < -0.4 is 40.2 Å². The number of amides is 6. The predicted octanol–water partition coefficient (Wildman–Crippen LogP) is -3.70. The summed E-state index contributed by atoms with van der Waals surface area (Å²) in [5, 5.41) is 19.2. The number of nitrogens with one attached hydrogen (secondary N) is 2. The van der Waals surface area contributed by atoms with Crippen molar-refractivity contribution in [1.29, 1.82) is 0 Å². The Morgan fingerprint density at radius 2 is 1.89 bits per heavy atom. The van der Waals surface area contributed by atoms with Gasteiger partial charge in [0.1, 0.15) is 23.6 Å². The summed E-state index contributed by atoms with van der Waals surface area (Å²) in [6, 6.07) is 4.02. The van der Waals surface area contributed by atoms with E-state index in [4.69, 9.17) is 4.42 Å². The minimum atomic E-state index is -5.00. The molecule has 3 heterocycles. The Hall–Kier alpha value is -3.44. The number of phenolic OH excluding ortho intramolecular Hbond substituents is 1. The van der Waals surface area contributed by atoms with Gasteiger partial charge in [0.05, 0.1) is 32.1 Å². The molecule has 37 heavy (non-hydrogen) atoms. The number of hydrogen-bond donors (Lipinski definition) is 3. The summed E-state index contributed by atoms with van der Waals surface area (Å²) in [5.74, 6) is -1.75. The second-order valence-electron chi connectivity index (χ2n) is 7.68. The van der Waals surface area contributed by atoms with E-state index in [1.807, 2.05) is 0 Å². The van der Waals surface area contributed by atoms with Gasteiger partial charge in [-0.15, -0.1) is 0 Å². The number of rotatable bonds is 7. The van der Waals surface area contributed by atoms with E-state index in [9.17, 15) is 37.3 Å². The smallest absolute Gasteiger partial charge is 0.731 e. The van der Waals surface area contributed by atoms with Crippen molar-refractivity contribution in [2.45, 2.75) is 12.1 Å². The zero-order valence-electron chi connectivity index (χ0n) is 19.3. The van der Waals surface area contributed by atoms with Crippen LogP contribution in [0.5, 0.6) is 5.75 Å². The molecule has 0 radical (unpaired) electrons. The van der Waals surface area contributed by atoms with E-state index in [-0.39, 0.29) is 58.3 Å². The van der Waals surface area contributed by atoms with Crippen LogP contribution in [-0.4, -0.2) is 88.1 Å². The largest absolute Gasteiger partial charge is 1.00 e. The number of nitrogens with zero attached hydrogens (tertiary/aromatic N) is 4. The molecule has 2 unspecified atom stereocenters. The van der Waals surface area contributed by atoms with E-state index in [0.717, 1.165) is 9.91 Å². The van der Waals surface area contributed by atoms with E-state index in [1.54, 1.807) is 12.1 Å². The van der Waals surface area contributed by atoms with Crippen LogP contribution in [0.2, 0.25) is 0 Å². The van der Waals surface area contributed by atoms with Crippen molar-refractivity contribution in [2.24, 2.45) is 5.10 Å². The van der Waals surface area contributed by atoms with Crippen molar-refractivity contribution in [3.8, 4) is 5.75 Å². The van der Waals surface area contributed by atoms with Gasteiger partial charge in [-0.3, -0.25) is 9.59 Å². The maximum Gasteiger partial charge on any atom is 1.00 e. The first-order valence-corrected chi connectivity index (χ1v) is 11.7. The number of urea groups is 2. The third-order valence-corrected chi connectivity index (χ3v) is 6.20. The van der Waals surface area contributed by atoms with Gasteiger partial charge < -0.3 is 24.7 Å². The van der Waals surface area contributed by atoms with Crippen LogP contribution >= 0.6 is 0 Å². The standard InChI is InChI=1S/C20H20N6O9S.Na/c27-13-5-3-12(4-6-13)16(17(28)22-15-11-26(18(15)29)36(32,33)34)23-19(30)24-7-8-25(20(24)31)21-10-14-2-1-9-35-14;/h1-6,9-10,15-16,27H,7-8,11H2,(H,22,28)(H,23,30)(H,32,33,34);/q;+1/p-1. The van der Waals surface area contributed by atoms with Gasteiger partial charge in [-0.1, -0.05) is 12.1 Å². The Kier molecular flexibility index (Phi) is 8.60. The summed E-state index contributed by atoms with van der Waals surface area (Å²) < 4.78 is 38.2. The van der Waals surface area contributed by atoms with Crippen molar-refractivity contribution in [3.05, 3.63) is 54.0 Å². The van der Waals surface area contributed by atoms with E-state index in [0.29, 0.717) is 5.76 Å². The summed E-state index contributed by atoms with van der Waals surface area (Å²) in [6.45, 7) is -0.517. The van der Waals surface area contributed by atoms with Crippen LogP contribution in [0.3, 0.4) is 0 Å². The van der Waals surface area contributed by atoms with Crippen molar-refractivity contribution < 1.29 is 71.2 Å². The second-order valence-corrected chi connectivity index (χ2v) is 8.98. The number of β-lactam (4-membered cyclic amide) rings is 1. The van der Waals surface area contributed by atoms with Gasteiger partial charge in [-0.25, -0.2) is 32.2 Å². The molecule has 0 aliphatic carbocycles. The van der Waals surface area contributed by atoms with Crippen LogP contribution in [0.1, 0.15) is 17.4 Å². The molecule has 17 heteroatoms. The Balaban J connectivity index is 0.00000380. The molecule has 1 aromatic heterocycles. The van der Waals surface area contributed by atoms with Crippen molar-refractivity contribution in [1.82, 2.24) is 24.8 Å². The molecule has 2 fully saturated rings. The maximum absolute atomic E-state index is 12.9. The van der Waals surface area contributed by atoms with Crippen molar-refractivity contribution in [3.63, 3.8) is 0 Å². The fourth-order valence-corrected chi connectivity index (χ4v) is 4.12. The van der Waals surface area contributed by atoms with Crippen molar-refractivity contribution in [2.75, 3.05) is 19.6 Å². The SMILES string of the molecule is O=C(NC1CN(S(=O)(=O)[O-])C1=O)C(NC(=O)N1CCN(N=Cc2ccco2)C1=O)c1ccc(O)cc1.[Na+]. The number of carbonyl (C=O) groups excluding carboxylic acids is 4. The summed E-state index contributed by atoms with van der Waals surface area (Å²) in [5.41, 5.74) is 0.193. The number of benzene rings is 1. The monoisotopic (exact) mass is 542 g/mol. The molecule has 3 N–H and O–H groups in total. The third-order valence-electron chi connectivity index (χ3n) is 5.33. The summed E-state index contributed by atoms with van der Waals surface area (Å²) in [6.07, 6.45) is 2.72. The quantitative estimate of drug-likeness (QED) is 0.136. The fraction of sp³-hybridized carbons (Fsp3) is 0.250. The van der Waals surface area contributed by atoms with Gasteiger partial charge in [0, 0.05) is 0 Å². The summed E-state index contributed by atoms with van der Waals surface area (Å²) >= 11 is 0. The molecule has 1 aromatic carbocycles. The molecule has 4 rings (SSSR count). The van der Waals surface area contributed by atoms with E-state index < -0.39 is 52.8 Å².